The normalized spacial score (nSPS) is 12.7. The molecule has 4 N–H and O–H groups in total. The molecule has 0 aliphatic heterocycles. The molecule has 158 valence electrons. The highest BCUT2D eigenvalue weighted by atomic mass is 14.8. The highest BCUT2D eigenvalue weighted by molar-refractivity contribution is 4.99. The average Bonchev–Trinajstić information content (AvgIpc) is 2.68. The van der Waals surface area contributed by atoms with Crippen LogP contribution in [-0.2, 0) is 0 Å². The van der Waals surface area contributed by atoms with Gasteiger partial charge < -0.3 is 11.5 Å². The van der Waals surface area contributed by atoms with Gasteiger partial charge in [0.25, 0.3) is 0 Å². The summed E-state index contributed by atoms with van der Waals surface area (Å²) in [5, 5.41) is 0. The van der Waals surface area contributed by atoms with Crippen molar-refractivity contribution in [2.24, 2.45) is 16.9 Å². The summed E-state index contributed by atoms with van der Waals surface area (Å²) in [6.07, 6.45) is 22.6. The molecule has 0 aromatic carbocycles. The van der Waals surface area contributed by atoms with Crippen LogP contribution in [-0.4, -0.2) is 12.1 Å². The van der Waals surface area contributed by atoms with Crippen LogP contribution in [0.4, 0.5) is 0 Å². The van der Waals surface area contributed by atoms with Crippen LogP contribution in [0.25, 0.3) is 0 Å². The Morgan fingerprint density at radius 2 is 0.846 bits per heavy atom. The van der Waals surface area contributed by atoms with Crippen LogP contribution in [0, 0.1) is 5.41 Å². The third-order valence-corrected chi connectivity index (χ3v) is 7.28. The maximum Gasteiger partial charge on any atom is 0.0205 e. The SMILES string of the molecule is CCC(N)(CC)C(CC)(CC)CCCCCCCCCCCCCCN. The number of rotatable bonds is 19. The molecular weight excluding hydrogens is 316 g/mol. The van der Waals surface area contributed by atoms with Gasteiger partial charge in [-0.3, -0.25) is 0 Å². The van der Waals surface area contributed by atoms with E-state index in [9.17, 15) is 0 Å². The lowest BCUT2D eigenvalue weighted by atomic mass is 9.61. The summed E-state index contributed by atoms with van der Waals surface area (Å²) in [5.74, 6) is 0. The van der Waals surface area contributed by atoms with Crippen molar-refractivity contribution in [3.8, 4) is 0 Å². The molecule has 0 amide bonds. The lowest BCUT2D eigenvalue weighted by molar-refractivity contribution is 0.0801. The molecule has 0 fully saturated rings. The predicted molar refractivity (Wildman–Crippen MR) is 120 cm³/mol. The fourth-order valence-corrected chi connectivity index (χ4v) is 4.93. The van der Waals surface area contributed by atoms with Crippen LogP contribution in [0.5, 0.6) is 0 Å². The first kappa shape index (κ1) is 25.9. The Bertz CT molecular complexity index is 293. The molecule has 0 aromatic rings. The highest BCUT2D eigenvalue weighted by Gasteiger charge is 2.42. The molecule has 26 heavy (non-hydrogen) atoms. The predicted octanol–water partition coefficient (Wildman–Crippen LogP) is 7.34. The monoisotopic (exact) mass is 368 g/mol. The first-order valence-corrected chi connectivity index (χ1v) is 12.0. The Morgan fingerprint density at radius 3 is 1.15 bits per heavy atom. The summed E-state index contributed by atoms with van der Waals surface area (Å²) >= 11 is 0. The van der Waals surface area contributed by atoms with Crippen LogP contribution in [0.2, 0.25) is 0 Å². The smallest absolute Gasteiger partial charge is 0.0205 e. The molecule has 0 saturated carbocycles. The minimum absolute atomic E-state index is 0.0284. The lowest BCUT2D eigenvalue weighted by Crippen LogP contribution is -2.54. The largest absolute Gasteiger partial charge is 0.330 e. The molecule has 0 rings (SSSR count). The van der Waals surface area contributed by atoms with Gasteiger partial charge in [0.2, 0.25) is 0 Å². The van der Waals surface area contributed by atoms with Gasteiger partial charge in [0.05, 0.1) is 0 Å². The highest BCUT2D eigenvalue weighted by Crippen LogP contribution is 2.45. The van der Waals surface area contributed by atoms with Gasteiger partial charge in [0.15, 0.2) is 0 Å². The molecule has 0 unspecified atom stereocenters. The maximum atomic E-state index is 6.84. The Kier molecular flexibility index (Phi) is 15.9. The Labute approximate surface area is 166 Å². The summed E-state index contributed by atoms with van der Waals surface area (Å²) in [6, 6.07) is 0. The number of nitrogens with two attached hydrogens (primary N) is 2. The van der Waals surface area contributed by atoms with Crippen LogP contribution in [0.15, 0.2) is 0 Å². The van der Waals surface area contributed by atoms with Crippen LogP contribution in [0.1, 0.15) is 137 Å². The summed E-state index contributed by atoms with van der Waals surface area (Å²) < 4.78 is 0. The summed E-state index contributed by atoms with van der Waals surface area (Å²) in [4.78, 5) is 0. The third-order valence-electron chi connectivity index (χ3n) is 7.28. The van der Waals surface area contributed by atoms with E-state index in [2.05, 4.69) is 27.7 Å². The molecule has 0 heterocycles. The van der Waals surface area contributed by atoms with Gasteiger partial charge in [-0.15, -0.1) is 0 Å². The first-order chi connectivity index (χ1) is 12.6. The second kappa shape index (κ2) is 15.9. The molecule has 0 spiro atoms. The molecule has 0 aliphatic rings. The molecule has 0 aromatic heterocycles. The van der Waals surface area contributed by atoms with E-state index in [1.807, 2.05) is 0 Å². The molecule has 0 atom stereocenters. The van der Waals surface area contributed by atoms with Crippen molar-refractivity contribution in [2.75, 3.05) is 6.54 Å². The van der Waals surface area contributed by atoms with E-state index in [4.69, 9.17) is 11.5 Å². The fourth-order valence-electron chi connectivity index (χ4n) is 4.93. The Hall–Kier alpha value is -0.0800. The van der Waals surface area contributed by atoms with Crippen LogP contribution >= 0.6 is 0 Å². The van der Waals surface area contributed by atoms with Crippen molar-refractivity contribution < 1.29 is 0 Å². The third kappa shape index (κ3) is 9.22. The zero-order valence-corrected chi connectivity index (χ0v) is 18.9. The van der Waals surface area contributed by atoms with Gasteiger partial charge in [-0.25, -0.2) is 0 Å². The zero-order valence-electron chi connectivity index (χ0n) is 18.9. The van der Waals surface area contributed by atoms with E-state index in [-0.39, 0.29) is 5.54 Å². The van der Waals surface area contributed by atoms with E-state index in [0.717, 1.165) is 19.4 Å². The molecule has 2 nitrogen and oxygen atoms in total. The van der Waals surface area contributed by atoms with E-state index in [0.29, 0.717) is 5.41 Å². The Morgan fingerprint density at radius 1 is 0.500 bits per heavy atom. The van der Waals surface area contributed by atoms with E-state index >= 15 is 0 Å². The van der Waals surface area contributed by atoms with Crippen molar-refractivity contribution in [2.45, 2.75) is 142 Å². The van der Waals surface area contributed by atoms with Crippen molar-refractivity contribution >= 4 is 0 Å². The van der Waals surface area contributed by atoms with Gasteiger partial charge in [-0.05, 0) is 50.5 Å². The second-order valence-electron chi connectivity index (χ2n) is 8.63. The molecule has 0 radical (unpaired) electrons. The van der Waals surface area contributed by atoms with Crippen molar-refractivity contribution in [3.05, 3.63) is 0 Å². The minimum atomic E-state index is 0.0284. The second-order valence-corrected chi connectivity index (χ2v) is 8.63. The topological polar surface area (TPSA) is 52.0 Å². The summed E-state index contributed by atoms with van der Waals surface area (Å²) in [6.45, 7) is 10.1. The lowest BCUT2D eigenvalue weighted by Gasteiger charge is -2.48. The maximum absolute atomic E-state index is 6.84. The van der Waals surface area contributed by atoms with Crippen molar-refractivity contribution in [3.63, 3.8) is 0 Å². The minimum Gasteiger partial charge on any atom is -0.330 e. The van der Waals surface area contributed by atoms with E-state index in [1.54, 1.807) is 0 Å². The first-order valence-electron chi connectivity index (χ1n) is 12.0. The zero-order chi connectivity index (χ0) is 19.7. The standard InChI is InChI=1S/C24H52N2/c1-5-23(6-2,24(26,7-3)8-4)21-19-17-15-13-11-9-10-12-14-16-18-20-22-25/h5-22,25-26H2,1-4H3. The van der Waals surface area contributed by atoms with Crippen molar-refractivity contribution in [1.82, 2.24) is 0 Å². The average molecular weight is 369 g/mol. The fraction of sp³-hybridized carbons (Fsp3) is 1.00. The molecule has 2 heteroatoms. The quantitative estimate of drug-likeness (QED) is 0.234. The molecular formula is C24H52N2. The van der Waals surface area contributed by atoms with Gasteiger partial charge in [0, 0.05) is 5.54 Å². The van der Waals surface area contributed by atoms with Crippen LogP contribution < -0.4 is 11.5 Å². The summed E-state index contributed by atoms with van der Waals surface area (Å²) in [5.41, 5.74) is 12.7. The van der Waals surface area contributed by atoms with Gasteiger partial charge in [-0.1, -0.05) is 98.3 Å². The number of hydrogen-bond acceptors (Lipinski definition) is 2. The molecule has 0 saturated heterocycles. The van der Waals surface area contributed by atoms with Gasteiger partial charge in [0.1, 0.15) is 0 Å². The number of hydrogen-bond donors (Lipinski definition) is 2. The van der Waals surface area contributed by atoms with Gasteiger partial charge >= 0.3 is 0 Å². The molecule has 0 bridgehead atoms. The Balaban J connectivity index is 3.77. The number of unbranched alkanes of at least 4 members (excludes halogenated alkanes) is 11. The van der Waals surface area contributed by atoms with E-state index in [1.165, 1.54) is 96.3 Å². The van der Waals surface area contributed by atoms with E-state index < -0.39 is 0 Å². The summed E-state index contributed by atoms with van der Waals surface area (Å²) in [7, 11) is 0. The van der Waals surface area contributed by atoms with Crippen LogP contribution in [0.3, 0.4) is 0 Å². The molecule has 0 aliphatic carbocycles. The van der Waals surface area contributed by atoms with Gasteiger partial charge in [-0.2, -0.15) is 0 Å². The van der Waals surface area contributed by atoms with Crippen molar-refractivity contribution in [1.29, 1.82) is 0 Å².